The molecular weight excluding hydrogens is 242 g/mol. The van der Waals surface area contributed by atoms with Gasteiger partial charge in [-0.25, -0.2) is 0 Å². The molecule has 3 N–H and O–H groups in total. The molecule has 5 nitrogen and oxygen atoms in total. The number of hydrogen-bond donors (Lipinski definition) is 2. The molecule has 0 aromatic heterocycles. The Morgan fingerprint density at radius 2 is 2.11 bits per heavy atom. The largest absolute Gasteiger partial charge is 0.409 e. The summed E-state index contributed by atoms with van der Waals surface area (Å²) in [6, 6.07) is 5.60. The van der Waals surface area contributed by atoms with Crippen molar-refractivity contribution in [2.75, 3.05) is 7.05 Å². The van der Waals surface area contributed by atoms with Gasteiger partial charge in [0.05, 0.1) is 0 Å². The number of carbonyl (C=O) groups excluding carboxylic acids is 1. The van der Waals surface area contributed by atoms with Gasteiger partial charge in [0.25, 0.3) is 5.91 Å². The van der Waals surface area contributed by atoms with E-state index in [4.69, 9.17) is 10.9 Å². The van der Waals surface area contributed by atoms with Gasteiger partial charge in [-0.2, -0.15) is 0 Å². The second-order valence-electron chi connectivity index (χ2n) is 4.88. The van der Waals surface area contributed by atoms with E-state index in [0.29, 0.717) is 12.0 Å². The molecule has 0 bridgehead atoms. The number of oxime groups is 1. The van der Waals surface area contributed by atoms with Gasteiger partial charge in [-0.05, 0) is 32.4 Å². The Kier molecular flexibility index (Phi) is 4.92. The van der Waals surface area contributed by atoms with Crippen LogP contribution in [-0.2, 0) is 0 Å². The average molecular weight is 263 g/mol. The van der Waals surface area contributed by atoms with Crippen LogP contribution in [0.1, 0.15) is 34.8 Å². The Hall–Kier alpha value is -2.04. The molecule has 1 amide bonds. The van der Waals surface area contributed by atoms with Crippen LogP contribution in [-0.4, -0.2) is 34.9 Å². The zero-order chi connectivity index (χ0) is 14.6. The van der Waals surface area contributed by atoms with Crippen LogP contribution in [0.4, 0.5) is 0 Å². The fourth-order valence-corrected chi connectivity index (χ4v) is 1.92. The van der Waals surface area contributed by atoms with E-state index in [-0.39, 0.29) is 17.8 Å². The highest BCUT2D eigenvalue weighted by Gasteiger charge is 2.19. The summed E-state index contributed by atoms with van der Waals surface area (Å²) in [6.45, 7) is 5.77. The standard InChI is InChI=1S/C14H21N3O2/c1-9-5-6-12(10(2)7-9)14(18)17(4)11(3)8-13(15)16-19/h5-7,11,19H,8H2,1-4H3,(H2,15,16). The molecule has 0 aliphatic rings. The molecule has 0 spiro atoms. The van der Waals surface area contributed by atoms with Gasteiger partial charge in [-0.15, -0.1) is 0 Å². The SMILES string of the molecule is Cc1ccc(C(=O)N(C)C(C)C/C(N)=N/O)c(C)c1. The molecule has 5 heteroatoms. The molecule has 0 radical (unpaired) electrons. The zero-order valence-electron chi connectivity index (χ0n) is 11.8. The maximum absolute atomic E-state index is 12.4. The van der Waals surface area contributed by atoms with E-state index in [2.05, 4.69) is 5.16 Å². The molecular formula is C14H21N3O2. The number of nitrogens with two attached hydrogens (primary N) is 1. The van der Waals surface area contributed by atoms with E-state index in [0.717, 1.165) is 11.1 Å². The summed E-state index contributed by atoms with van der Waals surface area (Å²) in [5.74, 6) is 0.0588. The van der Waals surface area contributed by atoms with Crippen LogP contribution in [0.5, 0.6) is 0 Å². The smallest absolute Gasteiger partial charge is 0.254 e. The number of hydrogen-bond acceptors (Lipinski definition) is 3. The average Bonchev–Trinajstić information content (AvgIpc) is 2.36. The summed E-state index contributed by atoms with van der Waals surface area (Å²) < 4.78 is 0. The summed E-state index contributed by atoms with van der Waals surface area (Å²) in [4.78, 5) is 14.0. The van der Waals surface area contributed by atoms with E-state index >= 15 is 0 Å². The number of aryl methyl sites for hydroxylation is 2. The second kappa shape index (κ2) is 6.22. The first kappa shape index (κ1) is 15.0. The van der Waals surface area contributed by atoms with Crippen LogP contribution in [0.3, 0.4) is 0 Å². The van der Waals surface area contributed by atoms with Crippen molar-refractivity contribution in [2.45, 2.75) is 33.2 Å². The van der Waals surface area contributed by atoms with Crippen LogP contribution in [0, 0.1) is 13.8 Å². The Bertz CT molecular complexity index is 497. The molecule has 1 aromatic rings. The minimum absolute atomic E-state index is 0.0595. The molecule has 0 aliphatic carbocycles. The van der Waals surface area contributed by atoms with E-state index < -0.39 is 0 Å². The predicted molar refractivity (Wildman–Crippen MR) is 75.5 cm³/mol. The topological polar surface area (TPSA) is 78.9 Å². The van der Waals surface area contributed by atoms with Gasteiger partial charge in [0.15, 0.2) is 0 Å². The molecule has 0 aliphatic heterocycles. The third-order valence-corrected chi connectivity index (χ3v) is 3.23. The molecule has 1 aromatic carbocycles. The molecule has 0 fully saturated rings. The maximum atomic E-state index is 12.4. The molecule has 19 heavy (non-hydrogen) atoms. The highest BCUT2D eigenvalue weighted by atomic mass is 16.4. The summed E-state index contributed by atoms with van der Waals surface area (Å²) in [7, 11) is 1.72. The minimum Gasteiger partial charge on any atom is -0.409 e. The Morgan fingerprint density at radius 3 is 2.63 bits per heavy atom. The summed E-state index contributed by atoms with van der Waals surface area (Å²) in [6.07, 6.45) is 0.337. The minimum atomic E-state index is -0.135. The lowest BCUT2D eigenvalue weighted by Gasteiger charge is -2.25. The summed E-state index contributed by atoms with van der Waals surface area (Å²) in [5.41, 5.74) is 8.22. The van der Waals surface area contributed by atoms with Crippen molar-refractivity contribution >= 4 is 11.7 Å². The van der Waals surface area contributed by atoms with Crippen molar-refractivity contribution in [3.63, 3.8) is 0 Å². The van der Waals surface area contributed by atoms with Crippen LogP contribution in [0.15, 0.2) is 23.4 Å². The number of amides is 1. The number of rotatable bonds is 4. The van der Waals surface area contributed by atoms with Gasteiger partial charge in [0, 0.05) is 25.1 Å². The summed E-state index contributed by atoms with van der Waals surface area (Å²) >= 11 is 0. The van der Waals surface area contributed by atoms with Crippen molar-refractivity contribution in [2.24, 2.45) is 10.9 Å². The summed E-state index contributed by atoms with van der Waals surface area (Å²) in [5, 5.41) is 11.5. The lowest BCUT2D eigenvalue weighted by atomic mass is 10.0. The van der Waals surface area contributed by atoms with Gasteiger partial charge < -0.3 is 15.8 Å². The predicted octanol–water partition coefficient (Wildman–Crippen LogP) is 1.90. The first-order chi connectivity index (χ1) is 8.86. The van der Waals surface area contributed by atoms with Crippen LogP contribution in [0.25, 0.3) is 0 Å². The number of amidine groups is 1. The monoisotopic (exact) mass is 263 g/mol. The van der Waals surface area contributed by atoms with Crippen LogP contribution >= 0.6 is 0 Å². The number of carbonyl (C=O) groups is 1. The molecule has 1 unspecified atom stereocenters. The maximum Gasteiger partial charge on any atom is 0.254 e. The quantitative estimate of drug-likeness (QED) is 0.377. The third-order valence-electron chi connectivity index (χ3n) is 3.23. The fraction of sp³-hybridized carbons (Fsp3) is 0.429. The van der Waals surface area contributed by atoms with Gasteiger partial charge in [0.2, 0.25) is 0 Å². The van der Waals surface area contributed by atoms with Gasteiger partial charge in [-0.3, -0.25) is 4.79 Å². The number of nitrogens with zero attached hydrogens (tertiary/aromatic N) is 2. The zero-order valence-corrected chi connectivity index (χ0v) is 11.8. The van der Waals surface area contributed by atoms with E-state index in [1.165, 1.54) is 0 Å². The first-order valence-corrected chi connectivity index (χ1v) is 6.17. The van der Waals surface area contributed by atoms with Gasteiger partial charge >= 0.3 is 0 Å². The highest BCUT2D eigenvalue weighted by Crippen LogP contribution is 2.14. The Morgan fingerprint density at radius 1 is 1.47 bits per heavy atom. The Labute approximate surface area is 113 Å². The Balaban J connectivity index is 2.87. The normalized spacial score (nSPS) is 13.2. The molecule has 0 saturated carbocycles. The molecule has 1 rings (SSSR count). The van der Waals surface area contributed by atoms with Crippen LogP contribution in [0.2, 0.25) is 0 Å². The van der Waals surface area contributed by atoms with E-state index in [9.17, 15) is 4.79 Å². The first-order valence-electron chi connectivity index (χ1n) is 6.17. The van der Waals surface area contributed by atoms with E-state index in [1.807, 2.05) is 39.0 Å². The molecule has 104 valence electrons. The van der Waals surface area contributed by atoms with E-state index in [1.54, 1.807) is 11.9 Å². The van der Waals surface area contributed by atoms with Crippen LogP contribution < -0.4 is 5.73 Å². The van der Waals surface area contributed by atoms with Crippen molar-refractivity contribution in [3.8, 4) is 0 Å². The number of benzene rings is 1. The second-order valence-corrected chi connectivity index (χ2v) is 4.88. The van der Waals surface area contributed by atoms with Gasteiger partial charge in [0.1, 0.15) is 5.84 Å². The van der Waals surface area contributed by atoms with Gasteiger partial charge in [-0.1, -0.05) is 22.9 Å². The molecule has 0 saturated heterocycles. The third kappa shape index (κ3) is 3.71. The fourth-order valence-electron chi connectivity index (χ4n) is 1.92. The molecule has 0 heterocycles. The van der Waals surface area contributed by atoms with Crippen molar-refractivity contribution < 1.29 is 10.0 Å². The molecule has 1 atom stereocenters. The lowest BCUT2D eigenvalue weighted by Crippen LogP contribution is -2.38. The van der Waals surface area contributed by atoms with Crippen molar-refractivity contribution in [1.29, 1.82) is 0 Å². The highest BCUT2D eigenvalue weighted by molar-refractivity contribution is 5.96. The van der Waals surface area contributed by atoms with Crippen molar-refractivity contribution in [1.82, 2.24) is 4.90 Å². The van der Waals surface area contributed by atoms with Crippen molar-refractivity contribution in [3.05, 3.63) is 34.9 Å². The lowest BCUT2D eigenvalue weighted by molar-refractivity contribution is 0.0746.